The number of aromatic nitrogens is 2. The molecule has 10 heteroatoms. The van der Waals surface area contributed by atoms with Crippen LogP contribution < -0.4 is 9.46 Å². The number of pyridine rings is 2. The third kappa shape index (κ3) is 4.09. The Morgan fingerprint density at radius 3 is 1.58 bits per heavy atom. The maximum Gasteiger partial charge on any atom is 0.404 e. The summed E-state index contributed by atoms with van der Waals surface area (Å²) in [4.78, 5) is 24.3. The van der Waals surface area contributed by atoms with Gasteiger partial charge in [0.05, 0.1) is 14.2 Å². The summed E-state index contributed by atoms with van der Waals surface area (Å²) in [5.74, 6) is -1.48. The van der Waals surface area contributed by atoms with Gasteiger partial charge in [-0.2, -0.15) is 9.46 Å². The molecule has 0 aromatic carbocycles. The highest BCUT2D eigenvalue weighted by atomic mass is 33.1. The molecule has 0 bridgehead atoms. The number of ether oxygens (including phenoxy) is 2. The van der Waals surface area contributed by atoms with Crippen LogP contribution in [0.1, 0.15) is 21.0 Å². The summed E-state index contributed by atoms with van der Waals surface area (Å²) in [6.45, 7) is 0. The first kappa shape index (κ1) is 17.9. The third-order valence-electron chi connectivity index (χ3n) is 2.80. The van der Waals surface area contributed by atoms with Crippen LogP contribution in [0.2, 0.25) is 0 Å². The summed E-state index contributed by atoms with van der Waals surface area (Å²) in [7, 11) is 4.88. The molecule has 0 saturated heterocycles. The Labute approximate surface area is 145 Å². The SMILES string of the molecule is COC(=O)c1cc(SSc2cc[n+]([O-])c(C(=O)OC)c2)cc[n+]1[O-]. The van der Waals surface area contributed by atoms with Crippen molar-refractivity contribution in [2.45, 2.75) is 9.79 Å². The van der Waals surface area contributed by atoms with Crippen molar-refractivity contribution < 1.29 is 28.5 Å². The lowest BCUT2D eigenvalue weighted by Gasteiger charge is -2.06. The monoisotopic (exact) mass is 368 g/mol. The van der Waals surface area contributed by atoms with E-state index in [0.29, 0.717) is 19.3 Å². The second kappa shape index (κ2) is 7.88. The first-order valence-corrected chi connectivity index (χ1v) is 8.59. The van der Waals surface area contributed by atoms with Crippen LogP contribution in [-0.4, -0.2) is 26.2 Å². The van der Waals surface area contributed by atoms with E-state index >= 15 is 0 Å². The molecule has 0 unspecified atom stereocenters. The number of carbonyl (C=O) groups excluding carboxylic acids is 2. The van der Waals surface area contributed by atoms with E-state index in [2.05, 4.69) is 9.47 Å². The lowest BCUT2D eigenvalue weighted by Crippen LogP contribution is -2.34. The first-order valence-electron chi connectivity index (χ1n) is 6.44. The fourth-order valence-corrected chi connectivity index (χ4v) is 3.59. The zero-order chi connectivity index (χ0) is 17.7. The number of carbonyl (C=O) groups is 2. The Hall–Kier alpha value is -2.46. The highest BCUT2D eigenvalue weighted by Gasteiger charge is 2.19. The van der Waals surface area contributed by atoms with Crippen molar-refractivity contribution in [3.8, 4) is 0 Å². The van der Waals surface area contributed by atoms with E-state index in [1.165, 1.54) is 72.5 Å². The fraction of sp³-hybridized carbons (Fsp3) is 0.143. The van der Waals surface area contributed by atoms with E-state index in [1.807, 2.05) is 0 Å². The molecule has 2 rings (SSSR count). The molecule has 0 aliphatic carbocycles. The molecule has 0 spiro atoms. The minimum Gasteiger partial charge on any atom is -0.618 e. The summed E-state index contributed by atoms with van der Waals surface area (Å²) in [6, 6.07) is 5.87. The standard InChI is InChI=1S/C14H12N2O6S2/c1-21-13(17)11-7-9(3-5-15(11)19)23-24-10-4-6-16(20)12(8-10)14(18)22-2/h3-8H,1-2H3. The molecule has 0 atom stereocenters. The van der Waals surface area contributed by atoms with Gasteiger partial charge in [0.15, 0.2) is 12.4 Å². The maximum atomic E-state index is 11.5. The third-order valence-corrected chi connectivity index (χ3v) is 5.19. The maximum absolute atomic E-state index is 11.5. The highest BCUT2D eigenvalue weighted by Crippen LogP contribution is 2.37. The quantitative estimate of drug-likeness (QED) is 0.337. The van der Waals surface area contributed by atoms with Crippen molar-refractivity contribution in [2.24, 2.45) is 0 Å². The molecule has 0 aliphatic rings. The summed E-state index contributed by atoms with van der Waals surface area (Å²) in [5, 5.41) is 23.1. The van der Waals surface area contributed by atoms with Crippen molar-refractivity contribution in [3.63, 3.8) is 0 Å². The van der Waals surface area contributed by atoms with E-state index < -0.39 is 11.9 Å². The second-order valence-corrected chi connectivity index (χ2v) is 6.57. The molecule has 0 fully saturated rings. The van der Waals surface area contributed by atoms with Crippen LogP contribution in [-0.2, 0) is 9.47 Å². The predicted molar refractivity (Wildman–Crippen MR) is 85.2 cm³/mol. The number of hydrogen-bond donors (Lipinski definition) is 0. The fourth-order valence-electron chi connectivity index (χ4n) is 1.64. The highest BCUT2D eigenvalue weighted by molar-refractivity contribution is 8.76. The van der Waals surface area contributed by atoms with Crippen molar-refractivity contribution in [1.82, 2.24) is 0 Å². The Kier molecular flexibility index (Phi) is 5.88. The predicted octanol–water partition coefficient (Wildman–Crippen LogP) is 1.33. The molecular weight excluding hydrogens is 356 g/mol. The molecular formula is C14H12N2O6S2. The molecule has 126 valence electrons. The Morgan fingerprint density at radius 2 is 1.25 bits per heavy atom. The van der Waals surface area contributed by atoms with Gasteiger partial charge in [-0.15, -0.1) is 0 Å². The second-order valence-electron chi connectivity index (χ2n) is 4.30. The van der Waals surface area contributed by atoms with E-state index in [-0.39, 0.29) is 11.4 Å². The Bertz CT molecular complexity index is 718. The molecule has 0 aliphatic heterocycles. The summed E-state index contributed by atoms with van der Waals surface area (Å²) < 4.78 is 9.91. The van der Waals surface area contributed by atoms with Gasteiger partial charge in [0, 0.05) is 34.1 Å². The van der Waals surface area contributed by atoms with Crippen LogP contribution in [0.25, 0.3) is 0 Å². The van der Waals surface area contributed by atoms with Crippen molar-refractivity contribution in [3.05, 3.63) is 58.5 Å². The minimum absolute atomic E-state index is 0.135. The number of hydrogen-bond acceptors (Lipinski definition) is 8. The summed E-state index contributed by atoms with van der Waals surface area (Å²) >= 11 is 0. The van der Waals surface area contributed by atoms with E-state index in [4.69, 9.17) is 0 Å². The van der Waals surface area contributed by atoms with Crippen molar-refractivity contribution >= 4 is 33.5 Å². The van der Waals surface area contributed by atoms with Crippen LogP contribution in [0, 0.1) is 10.4 Å². The van der Waals surface area contributed by atoms with Gasteiger partial charge in [-0.25, -0.2) is 9.59 Å². The molecule has 2 aromatic heterocycles. The van der Waals surface area contributed by atoms with Crippen LogP contribution >= 0.6 is 21.6 Å². The van der Waals surface area contributed by atoms with Gasteiger partial charge in [0.1, 0.15) is 0 Å². The largest absolute Gasteiger partial charge is 0.618 e. The molecule has 0 saturated carbocycles. The number of nitrogens with zero attached hydrogens (tertiary/aromatic N) is 2. The van der Waals surface area contributed by atoms with E-state index in [9.17, 15) is 20.0 Å². The van der Waals surface area contributed by atoms with E-state index in [1.54, 1.807) is 0 Å². The normalized spacial score (nSPS) is 10.2. The number of methoxy groups -OCH3 is 2. The molecule has 0 amide bonds. The van der Waals surface area contributed by atoms with Gasteiger partial charge in [0.2, 0.25) is 0 Å². The van der Waals surface area contributed by atoms with Crippen LogP contribution in [0.5, 0.6) is 0 Å². The average Bonchev–Trinajstić information content (AvgIpc) is 2.60. The summed E-state index contributed by atoms with van der Waals surface area (Å²) in [6.07, 6.45) is 2.40. The lowest BCUT2D eigenvalue weighted by atomic mass is 10.3. The van der Waals surface area contributed by atoms with Gasteiger partial charge in [-0.3, -0.25) is 0 Å². The topological polar surface area (TPSA) is 106 Å². The molecule has 2 heterocycles. The van der Waals surface area contributed by atoms with Crippen LogP contribution in [0.3, 0.4) is 0 Å². The average molecular weight is 368 g/mol. The Morgan fingerprint density at radius 1 is 0.875 bits per heavy atom. The van der Waals surface area contributed by atoms with Gasteiger partial charge >= 0.3 is 23.3 Å². The van der Waals surface area contributed by atoms with Gasteiger partial charge < -0.3 is 19.9 Å². The van der Waals surface area contributed by atoms with Gasteiger partial charge in [-0.1, -0.05) is 21.6 Å². The number of rotatable bonds is 5. The Balaban J connectivity index is 2.17. The first-order chi connectivity index (χ1) is 11.5. The minimum atomic E-state index is -0.738. The molecule has 0 N–H and O–H groups in total. The smallest absolute Gasteiger partial charge is 0.404 e. The molecule has 0 radical (unpaired) electrons. The van der Waals surface area contributed by atoms with Crippen LogP contribution in [0.4, 0.5) is 0 Å². The molecule has 8 nitrogen and oxygen atoms in total. The lowest BCUT2D eigenvalue weighted by molar-refractivity contribution is -0.608. The zero-order valence-electron chi connectivity index (χ0n) is 12.6. The zero-order valence-corrected chi connectivity index (χ0v) is 14.3. The van der Waals surface area contributed by atoms with Crippen molar-refractivity contribution in [2.75, 3.05) is 14.2 Å². The van der Waals surface area contributed by atoms with Gasteiger partial charge in [0.25, 0.3) is 0 Å². The number of esters is 2. The molecule has 2 aromatic rings. The van der Waals surface area contributed by atoms with Crippen molar-refractivity contribution in [1.29, 1.82) is 0 Å². The van der Waals surface area contributed by atoms with E-state index in [0.717, 1.165) is 0 Å². The van der Waals surface area contributed by atoms with Gasteiger partial charge in [-0.05, 0) is 0 Å². The molecule has 24 heavy (non-hydrogen) atoms. The van der Waals surface area contributed by atoms with Crippen LogP contribution in [0.15, 0.2) is 46.5 Å². The summed E-state index contributed by atoms with van der Waals surface area (Å²) in [5.41, 5.74) is -0.271.